The molecule has 0 bridgehead atoms. The fourth-order valence-corrected chi connectivity index (χ4v) is 3.72. The van der Waals surface area contributed by atoms with E-state index in [4.69, 9.17) is 10.7 Å². The van der Waals surface area contributed by atoms with Crippen LogP contribution in [0.1, 0.15) is 46.0 Å². The second-order valence-electron chi connectivity index (χ2n) is 6.79. The second-order valence-corrected chi connectivity index (χ2v) is 7.97. The Labute approximate surface area is 196 Å². The van der Waals surface area contributed by atoms with Crippen molar-refractivity contribution < 1.29 is 0 Å². The van der Waals surface area contributed by atoms with E-state index in [2.05, 4.69) is 50.6 Å². The third kappa shape index (κ3) is 6.81. The first-order chi connectivity index (χ1) is 15.1. The zero-order valence-electron chi connectivity index (χ0n) is 18.3. The van der Waals surface area contributed by atoms with E-state index in [0.29, 0.717) is 5.82 Å². The van der Waals surface area contributed by atoms with E-state index in [1.807, 2.05) is 23.7 Å². The lowest BCUT2D eigenvalue weighted by Gasteiger charge is -2.08. The molecule has 0 aliphatic carbocycles. The third-order valence-corrected chi connectivity index (χ3v) is 5.61. The molecule has 3 rings (SSSR count). The quantitative estimate of drug-likeness (QED) is 0.282. The van der Waals surface area contributed by atoms with Crippen LogP contribution in [-0.4, -0.2) is 32.5 Å². The summed E-state index contributed by atoms with van der Waals surface area (Å²) >= 11 is 4.85. The summed E-state index contributed by atoms with van der Waals surface area (Å²) < 4.78 is 1.65. The van der Waals surface area contributed by atoms with Crippen LogP contribution in [0.5, 0.6) is 0 Å². The Balaban J connectivity index is 0.00000166. The largest absolute Gasteiger partial charge is 0.383 e. The van der Waals surface area contributed by atoms with E-state index in [9.17, 15) is 0 Å². The molecule has 0 aromatic carbocycles. The van der Waals surface area contributed by atoms with E-state index < -0.39 is 0 Å². The van der Waals surface area contributed by atoms with Gasteiger partial charge in [-0.1, -0.05) is 48.2 Å². The Morgan fingerprint density at radius 3 is 2.58 bits per heavy atom. The molecular formula is C22H30BrN7S. The molecule has 9 heteroatoms. The minimum absolute atomic E-state index is 0.473. The number of pyridine rings is 1. The molecular weight excluding hydrogens is 474 g/mol. The summed E-state index contributed by atoms with van der Waals surface area (Å²) in [6.07, 6.45) is 9.42. The number of halogens is 1. The van der Waals surface area contributed by atoms with Crippen molar-refractivity contribution in [2.75, 3.05) is 7.05 Å². The standard InChI is InChI=1S/C21H25BrN6S.CH5N/c1-3-4-5-6-7-15(2)27-21-17(12-26-28(21)20(23)10-22)16-8-9-18(24-11-16)19-13-29-14-25-19;1-2/h8-14H,3-7,23H2,1-2H3;2H2,1H3/b20-10+,27-15+;. The summed E-state index contributed by atoms with van der Waals surface area (Å²) in [5, 5.41) is 6.43. The average molecular weight is 505 g/mol. The lowest BCUT2D eigenvalue weighted by Crippen LogP contribution is -2.07. The van der Waals surface area contributed by atoms with Crippen LogP contribution >= 0.6 is 27.3 Å². The topological polar surface area (TPSA) is 108 Å². The molecule has 0 spiro atoms. The predicted molar refractivity (Wildman–Crippen MR) is 136 cm³/mol. The van der Waals surface area contributed by atoms with Gasteiger partial charge in [0.1, 0.15) is 5.82 Å². The summed E-state index contributed by atoms with van der Waals surface area (Å²) in [7, 11) is 1.50. The van der Waals surface area contributed by atoms with Gasteiger partial charge < -0.3 is 11.5 Å². The predicted octanol–water partition coefficient (Wildman–Crippen LogP) is 5.82. The van der Waals surface area contributed by atoms with Crippen LogP contribution in [0.3, 0.4) is 0 Å². The van der Waals surface area contributed by atoms with Crippen molar-refractivity contribution in [3.8, 4) is 22.5 Å². The van der Waals surface area contributed by atoms with E-state index in [1.165, 1.54) is 26.3 Å². The monoisotopic (exact) mass is 503 g/mol. The number of thiazole rings is 1. The Bertz CT molecular complexity index is 976. The summed E-state index contributed by atoms with van der Waals surface area (Å²) in [6, 6.07) is 3.99. The molecule has 0 aliphatic heterocycles. The lowest BCUT2D eigenvalue weighted by atomic mass is 10.1. The Morgan fingerprint density at radius 1 is 1.16 bits per heavy atom. The van der Waals surface area contributed by atoms with Crippen molar-refractivity contribution in [3.05, 3.63) is 40.4 Å². The zero-order chi connectivity index (χ0) is 22.6. The van der Waals surface area contributed by atoms with Gasteiger partial charge in [-0.3, -0.25) is 4.98 Å². The van der Waals surface area contributed by atoms with Gasteiger partial charge in [-0.2, -0.15) is 9.78 Å². The fourth-order valence-electron chi connectivity index (χ4n) is 2.98. The summed E-state index contributed by atoms with van der Waals surface area (Å²) in [4.78, 5) is 15.4. The summed E-state index contributed by atoms with van der Waals surface area (Å²) in [5.41, 5.74) is 17.0. The molecule has 3 aromatic heterocycles. The van der Waals surface area contributed by atoms with Gasteiger partial charge in [0.25, 0.3) is 0 Å². The maximum atomic E-state index is 6.11. The maximum Gasteiger partial charge on any atom is 0.165 e. The van der Waals surface area contributed by atoms with Crippen molar-refractivity contribution >= 4 is 44.6 Å². The van der Waals surface area contributed by atoms with Crippen molar-refractivity contribution in [2.45, 2.75) is 46.0 Å². The number of hydrogen-bond donors (Lipinski definition) is 2. The minimum Gasteiger partial charge on any atom is -0.383 e. The number of aromatic nitrogens is 4. The van der Waals surface area contributed by atoms with E-state index in [0.717, 1.165) is 46.9 Å². The number of rotatable bonds is 9. The second kappa shape index (κ2) is 13.1. The highest BCUT2D eigenvalue weighted by Gasteiger charge is 2.15. The summed E-state index contributed by atoms with van der Waals surface area (Å²) in [6.45, 7) is 4.28. The van der Waals surface area contributed by atoms with E-state index >= 15 is 0 Å². The Morgan fingerprint density at radius 2 is 1.97 bits per heavy atom. The Hall–Kier alpha value is -2.36. The van der Waals surface area contributed by atoms with Gasteiger partial charge in [0, 0.05) is 33.4 Å². The van der Waals surface area contributed by atoms with Crippen LogP contribution in [0.15, 0.2) is 45.4 Å². The smallest absolute Gasteiger partial charge is 0.165 e. The van der Waals surface area contributed by atoms with Crippen LogP contribution in [-0.2, 0) is 0 Å². The molecule has 166 valence electrons. The lowest BCUT2D eigenvalue weighted by molar-refractivity contribution is 0.682. The van der Waals surface area contributed by atoms with Crippen LogP contribution in [0.25, 0.3) is 28.3 Å². The van der Waals surface area contributed by atoms with Crippen molar-refractivity contribution in [2.24, 2.45) is 16.5 Å². The fraction of sp³-hybridized carbons (Fsp3) is 0.364. The molecule has 31 heavy (non-hydrogen) atoms. The first-order valence-electron chi connectivity index (χ1n) is 10.2. The van der Waals surface area contributed by atoms with Crippen molar-refractivity contribution in [1.29, 1.82) is 0 Å². The average Bonchev–Trinajstić information content (AvgIpc) is 3.48. The van der Waals surface area contributed by atoms with Gasteiger partial charge in [0.2, 0.25) is 0 Å². The molecule has 3 aromatic rings. The maximum absolute atomic E-state index is 6.11. The molecule has 3 heterocycles. The normalized spacial score (nSPS) is 11.9. The highest BCUT2D eigenvalue weighted by molar-refractivity contribution is 9.11. The van der Waals surface area contributed by atoms with Crippen LogP contribution in [0.2, 0.25) is 0 Å². The zero-order valence-corrected chi connectivity index (χ0v) is 20.7. The molecule has 0 radical (unpaired) electrons. The molecule has 0 aliphatic rings. The number of nitrogens with zero attached hydrogens (tertiary/aromatic N) is 5. The van der Waals surface area contributed by atoms with Gasteiger partial charge >= 0.3 is 0 Å². The first kappa shape index (κ1) is 24.9. The van der Waals surface area contributed by atoms with Gasteiger partial charge in [-0.05, 0) is 32.9 Å². The third-order valence-electron chi connectivity index (χ3n) is 4.56. The van der Waals surface area contributed by atoms with Gasteiger partial charge in [0.05, 0.1) is 23.1 Å². The van der Waals surface area contributed by atoms with Gasteiger partial charge in [-0.15, -0.1) is 11.3 Å². The van der Waals surface area contributed by atoms with Gasteiger partial charge in [0.15, 0.2) is 5.82 Å². The van der Waals surface area contributed by atoms with E-state index in [1.54, 1.807) is 32.7 Å². The molecule has 0 atom stereocenters. The summed E-state index contributed by atoms with van der Waals surface area (Å²) in [5.74, 6) is 1.19. The highest BCUT2D eigenvalue weighted by Crippen LogP contribution is 2.32. The highest BCUT2D eigenvalue weighted by atomic mass is 79.9. The number of nitrogens with two attached hydrogens (primary N) is 2. The molecule has 4 N–H and O–H groups in total. The number of aliphatic imine (C=N–C) groups is 1. The molecule has 0 saturated carbocycles. The molecule has 0 fully saturated rings. The number of hydrogen-bond acceptors (Lipinski definition) is 7. The van der Waals surface area contributed by atoms with Crippen LogP contribution in [0, 0.1) is 0 Å². The number of unbranched alkanes of at least 4 members (excludes halogenated alkanes) is 3. The van der Waals surface area contributed by atoms with E-state index in [-0.39, 0.29) is 0 Å². The molecule has 0 saturated heterocycles. The molecule has 0 amide bonds. The van der Waals surface area contributed by atoms with Crippen molar-refractivity contribution in [1.82, 2.24) is 19.7 Å². The minimum atomic E-state index is 0.473. The van der Waals surface area contributed by atoms with Crippen molar-refractivity contribution in [3.63, 3.8) is 0 Å². The molecule has 0 unspecified atom stereocenters. The molecule has 7 nitrogen and oxygen atoms in total. The Kier molecular flexibility index (Phi) is 10.6. The SMILES string of the molecule is CCCCCC/C(C)=N/c1c(-c2ccc(-c3cscn3)nc2)cnn1/C(N)=C/Br.CN. The van der Waals surface area contributed by atoms with Gasteiger partial charge in [-0.25, -0.2) is 9.98 Å². The van der Waals surface area contributed by atoms with Crippen LogP contribution in [0.4, 0.5) is 5.82 Å². The van der Waals surface area contributed by atoms with Crippen LogP contribution < -0.4 is 11.5 Å². The first-order valence-corrected chi connectivity index (χ1v) is 12.1.